The predicted octanol–water partition coefficient (Wildman–Crippen LogP) is 3.22. The fourth-order valence-electron chi connectivity index (χ4n) is 3.85. The van der Waals surface area contributed by atoms with E-state index in [9.17, 15) is 9.59 Å². The van der Waals surface area contributed by atoms with Crippen LogP contribution in [0.15, 0.2) is 71.8 Å². The van der Waals surface area contributed by atoms with Gasteiger partial charge >= 0.3 is 0 Å². The van der Waals surface area contributed by atoms with E-state index in [2.05, 4.69) is 15.8 Å². The number of fused-ring (bicyclic) bond motifs is 1. The van der Waals surface area contributed by atoms with Crippen molar-refractivity contribution in [1.82, 2.24) is 10.7 Å². The molecule has 0 bridgehead atoms. The first-order chi connectivity index (χ1) is 14.7. The first-order valence-electron chi connectivity index (χ1n) is 9.99. The molecular weight excluding hydrogens is 378 g/mol. The normalized spacial score (nSPS) is 18.5. The average Bonchev–Trinajstić information content (AvgIpc) is 3.17. The van der Waals surface area contributed by atoms with E-state index in [0.717, 1.165) is 21.9 Å². The number of rotatable bonds is 6. The topological polar surface area (TPSA) is 79.8 Å². The second-order valence-electron chi connectivity index (χ2n) is 7.11. The van der Waals surface area contributed by atoms with Crippen LogP contribution in [-0.4, -0.2) is 31.2 Å². The SMILES string of the molecule is CCOc1ccc2ccccc2c1/C=N\NC(=O)[C@H]1C(=O)NC[C@H]1c1ccccc1. The Kier molecular flexibility index (Phi) is 5.75. The zero-order chi connectivity index (χ0) is 20.9. The molecule has 0 unspecified atom stereocenters. The highest BCUT2D eigenvalue weighted by Crippen LogP contribution is 2.29. The molecule has 1 heterocycles. The van der Waals surface area contributed by atoms with Crippen LogP contribution in [-0.2, 0) is 9.59 Å². The summed E-state index contributed by atoms with van der Waals surface area (Å²) in [5, 5.41) is 8.97. The molecule has 1 fully saturated rings. The highest BCUT2D eigenvalue weighted by Gasteiger charge is 2.40. The molecule has 2 N–H and O–H groups in total. The lowest BCUT2D eigenvalue weighted by Crippen LogP contribution is -2.34. The molecular formula is C24H23N3O3. The van der Waals surface area contributed by atoms with Gasteiger partial charge in [0.05, 0.1) is 12.8 Å². The molecule has 0 aliphatic carbocycles. The van der Waals surface area contributed by atoms with Gasteiger partial charge in [0.2, 0.25) is 5.91 Å². The fraction of sp³-hybridized carbons (Fsp3) is 0.208. The minimum atomic E-state index is -0.816. The largest absolute Gasteiger partial charge is 0.493 e. The maximum absolute atomic E-state index is 12.8. The van der Waals surface area contributed by atoms with Gasteiger partial charge in [0.15, 0.2) is 0 Å². The standard InChI is InChI=1S/C24H23N3O3/c1-2-30-21-13-12-17-10-6-7-11-18(17)20(21)15-26-27-24(29)22-19(14-25-23(22)28)16-8-4-3-5-9-16/h3-13,15,19,22H,2,14H2,1H3,(H,25,28)(H,27,29)/b26-15-/t19-,22+/m0/s1. The number of amides is 2. The predicted molar refractivity (Wildman–Crippen MR) is 117 cm³/mol. The van der Waals surface area contributed by atoms with Gasteiger partial charge in [0.25, 0.3) is 5.91 Å². The van der Waals surface area contributed by atoms with Crippen LogP contribution in [0.5, 0.6) is 5.75 Å². The third-order valence-corrected chi connectivity index (χ3v) is 5.29. The third kappa shape index (κ3) is 3.89. The maximum atomic E-state index is 12.8. The van der Waals surface area contributed by atoms with E-state index in [1.54, 1.807) is 6.21 Å². The minimum Gasteiger partial charge on any atom is -0.493 e. The maximum Gasteiger partial charge on any atom is 0.253 e. The van der Waals surface area contributed by atoms with Crippen LogP contribution in [0.2, 0.25) is 0 Å². The van der Waals surface area contributed by atoms with Gasteiger partial charge < -0.3 is 10.1 Å². The summed E-state index contributed by atoms with van der Waals surface area (Å²) in [6.45, 7) is 2.87. The van der Waals surface area contributed by atoms with Gasteiger partial charge in [-0.25, -0.2) is 5.43 Å². The van der Waals surface area contributed by atoms with Crippen molar-refractivity contribution in [2.45, 2.75) is 12.8 Å². The van der Waals surface area contributed by atoms with Crippen LogP contribution in [0.1, 0.15) is 24.0 Å². The van der Waals surface area contributed by atoms with Crippen LogP contribution in [0, 0.1) is 5.92 Å². The molecule has 152 valence electrons. The average molecular weight is 401 g/mol. The lowest BCUT2D eigenvalue weighted by atomic mass is 9.88. The molecule has 0 spiro atoms. The first-order valence-corrected chi connectivity index (χ1v) is 9.99. The highest BCUT2D eigenvalue weighted by molar-refractivity contribution is 6.05. The summed E-state index contributed by atoms with van der Waals surface area (Å²) in [5.41, 5.74) is 4.29. The van der Waals surface area contributed by atoms with E-state index < -0.39 is 11.8 Å². The number of carbonyl (C=O) groups is 2. The molecule has 6 heteroatoms. The Morgan fingerprint density at radius 2 is 1.90 bits per heavy atom. The number of hydrogen-bond acceptors (Lipinski definition) is 4. The summed E-state index contributed by atoms with van der Waals surface area (Å²) in [7, 11) is 0. The summed E-state index contributed by atoms with van der Waals surface area (Å²) in [6, 6.07) is 21.4. The lowest BCUT2D eigenvalue weighted by Gasteiger charge is -2.15. The van der Waals surface area contributed by atoms with Crippen molar-refractivity contribution >= 4 is 28.8 Å². The molecule has 3 aromatic carbocycles. The van der Waals surface area contributed by atoms with Crippen molar-refractivity contribution in [3.8, 4) is 5.75 Å². The quantitative estimate of drug-likeness (QED) is 0.378. The molecule has 0 saturated carbocycles. The molecule has 30 heavy (non-hydrogen) atoms. The zero-order valence-electron chi connectivity index (χ0n) is 16.7. The second-order valence-corrected chi connectivity index (χ2v) is 7.11. The molecule has 6 nitrogen and oxygen atoms in total. The van der Waals surface area contributed by atoms with Crippen LogP contribution in [0.25, 0.3) is 10.8 Å². The van der Waals surface area contributed by atoms with E-state index >= 15 is 0 Å². The molecule has 1 aliphatic rings. The van der Waals surface area contributed by atoms with Crippen LogP contribution >= 0.6 is 0 Å². The van der Waals surface area contributed by atoms with Crippen molar-refractivity contribution < 1.29 is 14.3 Å². The van der Waals surface area contributed by atoms with Crippen molar-refractivity contribution in [2.24, 2.45) is 11.0 Å². The number of hydrogen-bond donors (Lipinski definition) is 2. The number of carbonyl (C=O) groups excluding carboxylic acids is 2. The van der Waals surface area contributed by atoms with Gasteiger partial charge in [-0.15, -0.1) is 0 Å². The molecule has 4 rings (SSSR count). The van der Waals surface area contributed by atoms with E-state index in [-0.39, 0.29) is 11.8 Å². The van der Waals surface area contributed by atoms with Crippen LogP contribution < -0.4 is 15.5 Å². The molecule has 3 aromatic rings. The Hall–Kier alpha value is -3.67. The number of nitrogens with one attached hydrogen (secondary N) is 2. The van der Waals surface area contributed by atoms with E-state index in [4.69, 9.17) is 4.74 Å². The van der Waals surface area contributed by atoms with Gasteiger partial charge in [-0.05, 0) is 29.3 Å². The molecule has 0 aromatic heterocycles. The highest BCUT2D eigenvalue weighted by atomic mass is 16.5. The Labute approximate surface area is 174 Å². The van der Waals surface area contributed by atoms with Gasteiger partial charge in [0, 0.05) is 18.0 Å². The number of hydrazone groups is 1. The molecule has 1 aliphatic heterocycles. The molecule has 2 atom stereocenters. The van der Waals surface area contributed by atoms with Gasteiger partial charge in [-0.1, -0.05) is 60.7 Å². The van der Waals surface area contributed by atoms with Crippen molar-refractivity contribution in [3.63, 3.8) is 0 Å². The monoisotopic (exact) mass is 401 g/mol. The van der Waals surface area contributed by atoms with Crippen molar-refractivity contribution in [3.05, 3.63) is 77.9 Å². The number of nitrogens with zero attached hydrogens (tertiary/aromatic N) is 1. The van der Waals surface area contributed by atoms with Crippen molar-refractivity contribution in [2.75, 3.05) is 13.2 Å². The fourth-order valence-corrected chi connectivity index (χ4v) is 3.85. The molecule has 2 amide bonds. The number of benzene rings is 3. The Morgan fingerprint density at radius 1 is 1.13 bits per heavy atom. The van der Waals surface area contributed by atoms with Gasteiger partial charge in [-0.3, -0.25) is 9.59 Å². The molecule has 1 saturated heterocycles. The first kappa shape index (κ1) is 19.6. The van der Waals surface area contributed by atoms with Crippen LogP contribution in [0.4, 0.5) is 0 Å². The summed E-state index contributed by atoms with van der Waals surface area (Å²) >= 11 is 0. The number of ether oxygens (including phenoxy) is 1. The van der Waals surface area contributed by atoms with E-state index in [1.165, 1.54) is 0 Å². The lowest BCUT2D eigenvalue weighted by molar-refractivity contribution is -0.133. The summed E-state index contributed by atoms with van der Waals surface area (Å²) in [4.78, 5) is 25.1. The second kappa shape index (κ2) is 8.78. The van der Waals surface area contributed by atoms with Crippen LogP contribution in [0.3, 0.4) is 0 Å². The Morgan fingerprint density at radius 3 is 2.70 bits per heavy atom. The smallest absolute Gasteiger partial charge is 0.253 e. The summed E-state index contributed by atoms with van der Waals surface area (Å²) in [6.07, 6.45) is 1.58. The Bertz CT molecular complexity index is 1100. The van der Waals surface area contributed by atoms with Gasteiger partial charge in [0.1, 0.15) is 11.7 Å². The third-order valence-electron chi connectivity index (χ3n) is 5.29. The molecule has 0 radical (unpaired) electrons. The summed E-state index contributed by atoms with van der Waals surface area (Å²) in [5.74, 6) is -1.05. The summed E-state index contributed by atoms with van der Waals surface area (Å²) < 4.78 is 5.73. The minimum absolute atomic E-state index is 0.217. The Balaban J connectivity index is 1.56. The van der Waals surface area contributed by atoms with Crippen molar-refractivity contribution in [1.29, 1.82) is 0 Å². The van der Waals surface area contributed by atoms with Gasteiger partial charge in [-0.2, -0.15) is 5.10 Å². The zero-order valence-corrected chi connectivity index (χ0v) is 16.7. The van der Waals surface area contributed by atoms with E-state index in [0.29, 0.717) is 18.9 Å². The van der Waals surface area contributed by atoms with E-state index in [1.807, 2.05) is 73.7 Å².